The molecule has 11 aliphatic rings. The van der Waals surface area contributed by atoms with Crippen LogP contribution in [0.3, 0.4) is 0 Å². The highest BCUT2D eigenvalue weighted by Crippen LogP contribution is 2.77. The smallest absolute Gasteiger partial charge is 0.331 e. The van der Waals surface area contributed by atoms with E-state index in [0.717, 1.165) is 36.7 Å². The Morgan fingerprint density at radius 3 is 2.57 bits per heavy atom. The average molecular weight is 790 g/mol. The Bertz CT molecular complexity index is 1990. The van der Waals surface area contributed by atoms with Crippen LogP contribution < -0.4 is 5.32 Å². The number of nitrogens with one attached hydrogen (secondary N) is 1. The quantitative estimate of drug-likeness (QED) is 0.112. The number of fused-ring (bicyclic) bond motifs is 7. The van der Waals surface area contributed by atoms with E-state index in [2.05, 4.69) is 47.5 Å². The number of aliphatic hydroxyl groups is 4. The normalized spacial score (nSPS) is 51.3. The number of hydrogen-bond acceptors (Lipinski definition) is 8. The lowest BCUT2D eigenvalue weighted by Gasteiger charge is -2.72. The van der Waals surface area contributed by atoms with Crippen LogP contribution >= 0.6 is 0 Å². The van der Waals surface area contributed by atoms with E-state index in [0.29, 0.717) is 69.6 Å². The summed E-state index contributed by atoms with van der Waals surface area (Å²) in [6.07, 6.45) is 18.4. The van der Waals surface area contributed by atoms with Crippen molar-refractivity contribution in [1.29, 1.82) is 0 Å². The standard InChI is InChI=1S/C50H63NO7/c1-51-40-23-31-13-5-2-9-29(31)10-6-7-18-46-20-17-42-47(28-52)19-16-41(53)39-22-32-14-8-15-35(30-11-3-4-12-30)36(32)24-34(50(39,47)57)27-48(42,55)49(46,56)26-33-21-37(40)45-38(44(33)46)25-43(54)58-45/h2,5,8-9,13-14,25,28,30,32-37,39-42,44-45,51,53,55-57H,3-4,7,11-12,15-24,26-27H2,1H3/t32-,33+,34+,35-,36+,37+,39-,40-,41+,42-,44-,45+,46-,47+,48+,49-,50+/m1/s1. The third-order valence-electron chi connectivity index (χ3n) is 19.7. The van der Waals surface area contributed by atoms with Crippen molar-refractivity contribution in [3.8, 4) is 11.8 Å². The van der Waals surface area contributed by atoms with Crippen LogP contribution in [0.1, 0.15) is 114 Å². The van der Waals surface area contributed by atoms with Crippen molar-refractivity contribution in [3.63, 3.8) is 0 Å². The van der Waals surface area contributed by atoms with Crippen LogP contribution in [0.4, 0.5) is 0 Å². The monoisotopic (exact) mass is 789 g/mol. The van der Waals surface area contributed by atoms with Gasteiger partial charge in [0.1, 0.15) is 18.0 Å². The maximum Gasteiger partial charge on any atom is 0.331 e. The number of aldehydes is 1. The second kappa shape index (κ2) is 13.3. The lowest BCUT2D eigenvalue weighted by Crippen LogP contribution is -2.80. The highest BCUT2D eigenvalue weighted by Gasteiger charge is 2.83. The van der Waals surface area contributed by atoms with E-state index >= 15 is 0 Å². The number of rotatable bonds is 3. The minimum Gasteiger partial charge on any atom is -0.454 e. The SMILES string of the molecule is CN[C@@H]1Cc2ccccc2C#CCC[C@]23CC[C@H]4[C@@](O)(C[C@@H]5C[C@H]6[C@H](C=CC[C@@H]6C6CCCC6)C[C@@H]6[C@@H](O)CC[C@@]4(C=O)[C@]56O)[C@@]2(O)C[C@@H]2C[C@@H]1[C@@H]1OC(=O)C=C1[C@@H]23. The molecule has 7 fully saturated rings. The molecule has 1 aromatic rings. The number of carbonyl (C=O) groups is 2. The van der Waals surface area contributed by atoms with E-state index in [1.165, 1.54) is 31.2 Å². The molecule has 0 unspecified atom stereocenters. The summed E-state index contributed by atoms with van der Waals surface area (Å²) in [5.41, 5.74) is -3.76. The lowest BCUT2D eigenvalue weighted by atomic mass is 9.35. The van der Waals surface area contributed by atoms with Crippen LogP contribution in [0, 0.1) is 81.8 Å². The zero-order valence-electron chi connectivity index (χ0n) is 34.2. The van der Waals surface area contributed by atoms with Crippen LogP contribution in [-0.4, -0.2) is 74.8 Å². The molecule has 58 heavy (non-hydrogen) atoms. The van der Waals surface area contributed by atoms with Crippen LogP contribution in [0.5, 0.6) is 0 Å². The molecule has 8 nitrogen and oxygen atoms in total. The second-order valence-corrected chi connectivity index (χ2v) is 21.2. The van der Waals surface area contributed by atoms with Crippen molar-refractivity contribution in [2.24, 2.45) is 70.0 Å². The summed E-state index contributed by atoms with van der Waals surface area (Å²) >= 11 is 0. The second-order valence-electron chi connectivity index (χ2n) is 21.2. The number of allylic oxidation sites excluding steroid dienone is 2. The van der Waals surface area contributed by atoms with Crippen LogP contribution in [-0.2, 0) is 20.7 Å². The third kappa shape index (κ3) is 4.83. The molecule has 17 atom stereocenters. The number of ether oxygens (including phenoxy) is 1. The molecule has 0 saturated heterocycles. The average Bonchev–Trinajstić information content (AvgIpc) is 3.93. The molecule has 10 aliphatic carbocycles. The molecule has 7 saturated carbocycles. The number of carbonyl (C=O) groups excluding carboxylic acids is 2. The van der Waals surface area contributed by atoms with Gasteiger partial charge in [-0.15, -0.1) is 0 Å². The van der Waals surface area contributed by atoms with E-state index < -0.39 is 57.6 Å². The molecular formula is C50H63NO7. The molecule has 310 valence electrons. The molecular weight excluding hydrogens is 727 g/mol. The fourth-order valence-corrected chi connectivity index (χ4v) is 17.6. The molecule has 1 heterocycles. The van der Waals surface area contributed by atoms with Gasteiger partial charge < -0.3 is 35.3 Å². The molecule has 4 bridgehead atoms. The van der Waals surface area contributed by atoms with Gasteiger partial charge in [-0.25, -0.2) is 4.79 Å². The topological polar surface area (TPSA) is 136 Å². The van der Waals surface area contributed by atoms with Gasteiger partial charge in [0.15, 0.2) is 0 Å². The summed E-state index contributed by atoms with van der Waals surface area (Å²) in [6, 6.07) is 8.30. The first-order valence-electron chi connectivity index (χ1n) is 23.2. The first kappa shape index (κ1) is 38.1. The van der Waals surface area contributed by atoms with Gasteiger partial charge in [0.25, 0.3) is 0 Å². The van der Waals surface area contributed by atoms with Gasteiger partial charge in [-0.3, -0.25) is 0 Å². The molecule has 8 heteroatoms. The maximum absolute atomic E-state index is 14.2. The van der Waals surface area contributed by atoms with Gasteiger partial charge in [0, 0.05) is 47.3 Å². The maximum atomic E-state index is 14.2. The van der Waals surface area contributed by atoms with Crippen molar-refractivity contribution >= 4 is 12.3 Å². The van der Waals surface area contributed by atoms with Gasteiger partial charge >= 0.3 is 5.97 Å². The molecule has 0 amide bonds. The van der Waals surface area contributed by atoms with Crippen molar-refractivity contribution in [2.45, 2.75) is 144 Å². The van der Waals surface area contributed by atoms with Crippen LogP contribution in [0.15, 0.2) is 48.1 Å². The zero-order chi connectivity index (χ0) is 39.8. The van der Waals surface area contributed by atoms with E-state index in [1.807, 2.05) is 13.1 Å². The zero-order valence-corrected chi connectivity index (χ0v) is 34.2. The number of aliphatic hydroxyl groups excluding tert-OH is 1. The number of esters is 1. The molecule has 1 spiro atoms. The summed E-state index contributed by atoms with van der Waals surface area (Å²) in [7, 11) is 1.98. The predicted molar refractivity (Wildman–Crippen MR) is 218 cm³/mol. The van der Waals surface area contributed by atoms with Crippen LogP contribution in [0.25, 0.3) is 0 Å². The summed E-state index contributed by atoms with van der Waals surface area (Å²) < 4.78 is 6.26. The van der Waals surface area contributed by atoms with Gasteiger partial charge in [-0.2, -0.15) is 0 Å². The molecule has 1 aliphatic heterocycles. The first-order valence-corrected chi connectivity index (χ1v) is 23.2. The molecule has 12 rings (SSSR count). The summed E-state index contributed by atoms with van der Waals surface area (Å²) in [6.45, 7) is 0. The molecule has 1 aromatic carbocycles. The Kier molecular flexibility index (Phi) is 8.78. The molecule has 5 N–H and O–H groups in total. The summed E-state index contributed by atoms with van der Waals surface area (Å²) in [4.78, 5) is 27.6. The fourth-order valence-electron chi connectivity index (χ4n) is 17.6. The number of hydrogen-bond donors (Lipinski definition) is 5. The van der Waals surface area contributed by atoms with E-state index in [9.17, 15) is 30.0 Å². The molecule has 0 radical (unpaired) electrons. The number of likely N-dealkylation sites (N-methyl/N-ethyl adjacent to an activating group) is 1. The van der Waals surface area contributed by atoms with Crippen molar-refractivity contribution < 1.29 is 34.8 Å². The fraction of sp³-hybridized carbons (Fsp3) is 0.720. The van der Waals surface area contributed by atoms with Gasteiger partial charge in [0.05, 0.1) is 22.7 Å². The highest BCUT2D eigenvalue weighted by atomic mass is 16.5. The van der Waals surface area contributed by atoms with Gasteiger partial charge in [-0.1, -0.05) is 67.9 Å². The lowest BCUT2D eigenvalue weighted by molar-refractivity contribution is -0.343. The van der Waals surface area contributed by atoms with Crippen molar-refractivity contribution in [3.05, 3.63) is 59.2 Å². The van der Waals surface area contributed by atoms with Crippen LogP contribution in [0.2, 0.25) is 0 Å². The van der Waals surface area contributed by atoms with E-state index in [-0.39, 0.29) is 48.0 Å². The Hall–Kier alpha value is -2.80. The first-order chi connectivity index (χ1) is 28.0. The van der Waals surface area contributed by atoms with E-state index in [1.54, 1.807) is 6.08 Å². The Morgan fingerprint density at radius 2 is 1.76 bits per heavy atom. The van der Waals surface area contributed by atoms with E-state index in [4.69, 9.17) is 4.74 Å². The minimum atomic E-state index is -1.67. The minimum absolute atomic E-state index is 0.0158. The Balaban J connectivity index is 1.07. The third-order valence-corrected chi connectivity index (χ3v) is 19.7. The largest absolute Gasteiger partial charge is 0.454 e. The Labute approximate surface area is 343 Å². The summed E-state index contributed by atoms with van der Waals surface area (Å²) in [5.74, 6) is 6.44. The predicted octanol–water partition coefficient (Wildman–Crippen LogP) is 5.83. The highest BCUT2D eigenvalue weighted by molar-refractivity contribution is 5.86. The van der Waals surface area contributed by atoms with Gasteiger partial charge in [0.2, 0.25) is 0 Å². The van der Waals surface area contributed by atoms with Crippen molar-refractivity contribution in [1.82, 2.24) is 5.32 Å². The number of benzene rings is 1. The Morgan fingerprint density at radius 1 is 0.931 bits per heavy atom. The van der Waals surface area contributed by atoms with Gasteiger partial charge in [-0.05, 0) is 143 Å². The van der Waals surface area contributed by atoms with Crippen molar-refractivity contribution in [2.75, 3.05) is 7.05 Å². The summed E-state index contributed by atoms with van der Waals surface area (Å²) in [5, 5.41) is 57.5. The molecule has 0 aromatic heterocycles.